The van der Waals surface area contributed by atoms with E-state index in [2.05, 4.69) is 14.8 Å². The highest BCUT2D eigenvalue weighted by Gasteiger charge is 2.17. The van der Waals surface area contributed by atoms with E-state index in [4.69, 9.17) is 4.42 Å². The Morgan fingerprint density at radius 1 is 0.885 bits per heavy atom. The minimum absolute atomic E-state index is 0.106. The first-order valence-corrected chi connectivity index (χ1v) is 7.63. The van der Waals surface area contributed by atoms with Gasteiger partial charge in [0, 0.05) is 11.1 Å². The fourth-order valence-corrected chi connectivity index (χ4v) is 2.46. The lowest BCUT2D eigenvalue weighted by atomic mass is 10.1. The third kappa shape index (κ3) is 3.41. The van der Waals surface area contributed by atoms with Crippen LogP contribution in [0.2, 0.25) is 0 Å². The molecule has 1 N–H and O–H groups in total. The molecule has 1 heterocycles. The van der Waals surface area contributed by atoms with Gasteiger partial charge in [0.1, 0.15) is 5.58 Å². The van der Waals surface area contributed by atoms with E-state index in [1.807, 2.05) is 12.1 Å². The van der Waals surface area contributed by atoms with Crippen molar-refractivity contribution in [2.75, 3.05) is 19.5 Å². The van der Waals surface area contributed by atoms with Crippen LogP contribution in [0.5, 0.6) is 0 Å². The summed E-state index contributed by atoms with van der Waals surface area (Å²) in [6, 6.07) is 12.9. The third-order valence-electron chi connectivity index (χ3n) is 3.68. The molecule has 0 aliphatic heterocycles. The zero-order valence-corrected chi connectivity index (χ0v) is 14.1. The predicted octanol–water partition coefficient (Wildman–Crippen LogP) is 3.26. The molecule has 7 heteroatoms. The predicted molar refractivity (Wildman–Crippen MR) is 93.3 cm³/mol. The summed E-state index contributed by atoms with van der Waals surface area (Å²) in [4.78, 5) is 36.0. The van der Waals surface area contributed by atoms with E-state index in [9.17, 15) is 14.4 Å². The van der Waals surface area contributed by atoms with Gasteiger partial charge in [0.25, 0.3) is 5.91 Å². The van der Waals surface area contributed by atoms with Gasteiger partial charge in [-0.2, -0.15) is 0 Å². The largest absolute Gasteiger partial charge is 0.465 e. The van der Waals surface area contributed by atoms with E-state index >= 15 is 0 Å². The Kier molecular flexibility index (Phi) is 4.70. The Hall–Kier alpha value is -3.61. The summed E-state index contributed by atoms with van der Waals surface area (Å²) in [7, 11) is 2.44. The van der Waals surface area contributed by atoms with Crippen molar-refractivity contribution in [3.63, 3.8) is 0 Å². The maximum atomic E-state index is 12.4. The minimum Gasteiger partial charge on any atom is -0.465 e. The van der Waals surface area contributed by atoms with Gasteiger partial charge >= 0.3 is 11.9 Å². The lowest BCUT2D eigenvalue weighted by Gasteiger charge is -2.08. The van der Waals surface area contributed by atoms with E-state index in [1.54, 1.807) is 18.2 Å². The molecule has 7 nitrogen and oxygen atoms in total. The zero-order chi connectivity index (χ0) is 18.7. The number of hydrogen-bond donors (Lipinski definition) is 1. The molecule has 1 aromatic heterocycles. The van der Waals surface area contributed by atoms with E-state index < -0.39 is 17.8 Å². The second-order valence-electron chi connectivity index (χ2n) is 5.38. The molecule has 0 saturated heterocycles. The van der Waals surface area contributed by atoms with Gasteiger partial charge in [0.15, 0.2) is 5.76 Å². The Morgan fingerprint density at radius 3 is 2.08 bits per heavy atom. The summed E-state index contributed by atoms with van der Waals surface area (Å²) in [6.07, 6.45) is 0. The maximum Gasteiger partial charge on any atom is 0.337 e. The van der Waals surface area contributed by atoms with Crippen molar-refractivity contribution >= 4 is 34.5 Å². The fourth-order valence-electron chi connectivity index (χ4n) is 2.46. The topological polar surface area (TPSA) is 94.8 Å². The molecule has 0 radical (unpaired) electrons. The van der Waals surface area contributed by atoms with Crippen molar-refractivity contribution in [1.29, 1.82) is 0 Å². The number of furan rings is 1. The molecule has 0 saturated carbocycles. The van der Waals surface area contributed by atoms with Crippen molar-refractivity contribution in [1.82, 2.24) is 0 Å². The van der Waals surface area contributed by atoms with Crippen LogP contribution in [0.4, 0.5) is 5.69 Å². The number of carbonyl (C=O) groups excluding carboxylic acids is 3. The van der Waals surface area contributed by atoms with Crippen molar-refractivity contribution in [2.24, 2.45) is 0 Å². The second-order valence-corrected chi connectivity index (χ2v) is 5.38. The fraction of sp³-hybridized carbons (Fsp3) is 0.105. The first-order valence-electron chi connectivity index (χ1n) is 7.63. The summed E-state index contributed by atoms with van der Waals surface area (Å²) in [5.74, 6) is -1.70. The number of benzene rings is 2. The van der Waals surface area contributed by atoms with Crippen LogP contribution >= 0.6 is 0 Å². The third-order valence-corrected chi connectivity index (χ3v) is 3.68. The van der Waals surface area contributed by atoms with Gasteiger partial charge in [-0.25, -0.2) is 9.59 Å². The van der Waals surface area contributed by atoms with Gasteiger partial charge in [-0.05, 0) is 30.3 Å². The summed E-state index contributed by atoms with van der Waals surface area (Å²) >= 11 is 0. The highest BCUT2D eigenvalue weighted by atomic mass is 16.5. The lowest BCUT2D eigenvalue weighted by Crippen LogP contribution is -2.13. The van der Waals surface area contributed by atoms with Crippen LogP contribution in [0, 0.1) is 0 Å². The number of carbonyl (C=O) groups is 3. The van der Waals surface area contributed by atoms with E-state index in [1.165, 1.54) is 32.4 Å². The Morgan fingerprint density at radius 2 is 1.50 bits per heavy atom. The van der Waals surface area contributed by atoms with E-state index in [-0.39, 0.29) is 22.6 Å². The van der Waals surface area contributed by atoms with Crippen molar-refractivity contribution in [2.45, 2.75) is 0 Å². The molecule has 132 valence electrons. The highest BCUT2D eigenvalue weighted by molar-refractivity contribution is 6.06. The number of nitrogens with one attached hydrogen (secondary N) is 1. The van der Waals surface area contributed by atoms with Crippen LogP contribution in [-0.2, 0) is 9.47 Å². The molecule has 0 aliphatic carbocycles. The molecular formula is C19H15NO6. The smallest absolute Gasteiger partial charge is 0.337 e. The van der Waals surface area contributed by atoms with Crippen LogP contribution in [0.1, 0.15) is 31.3 Å². The molecular weight excluding hydrogens is 338 g/mol. The molecule has 26 heavy (non-hydrogen) atoms. The molecule has 3 aromatic rings. The lowest BCUT2D eigenvalue weighted by molar-refractivity contribution is 0.0599. The number of ether oxygens (including phenoxy) is 2. The molecule has 0 unspecified atom stereocenters. The number of anilines is 1. The number of esters is 2. The van der Waals surface area contributed by atoms with Gasteiger partial charge < -0.3 is 19.2 Å². The molecule has 0 atom stereocenters. The van der Waals surface area contributed by atoms with Crippen LogP contribution in [0.25, 0.3) is 11.0 Å². The summed E-state index contributed by atoms with van der Waals surface area (Å²) in [5.41, 5.74) is 1.03. The quantitative estimate of drug-likeness (QED) is 0.724. The van der Waals surface area contributed by atoms with Crippen LogP contribution in [-0.4, -0.2) is 32.1 Å². The Labute approximate surface area is 148 Å². The summed E-state index contributed by atoms with van der Waals surface area (Å²) < 4.78 is 14.8. The van der Waals surface area contributed by atoms with Crippen molar-refractivity contribution < 1.29 is 28.3 Å². The highest BCUT2D eigenvalue weighted by Crippen LogP contribution is 2.21. The first kappa shape index (κ1) is 17.2. The monoisotopic (exact) mass is 353 g/mol. The average molecular weight is 353 g/mol. The van der Waals surface area contributed by atoms with Gasteiger partial charge in [-0.1, -0.05) is 18.2 Å². The van der Waals surface area contributed by atoms with E-state index in [0.29, 0.717) is 5.58 Å². The average Bonchev–Trinajstić information content (AvgIpc) is 3.10. The minimum atomic E-state index is -0.644. The maximum absolute atomic E-state index is 12.4. The zero-order valence-electron chi connectivity index (χ0n) is 14.1. The van der Waals surface area contributed by atoms with Gasteiger partial charge in [0.05, 0.1) is 25.3 Å². The van der Waals surface area contributed by atoms with Crippen LogP contribution < -0.4 is 5.32 Å². The Balaban J connectivity index is 1.93. The van der Waals surface area contributed by atoms with Gasteiger partial charge in [-0.15, -0.1) is 0 Å². The number of rotatable bonds is 4. The Bertz CT molecular complexity index is 937. The number of amides is 1. The standard InChI is InChI=1S/C19H15NO6/c1-24-18(22)12-7-13(19(23)25-2)9-14(8-12)20-17(21)16-10-11-5-3-4-6-15(11)26-16/h3-10H,1-2H3,(H,20,21). The van der Waals surface area contributed by atoms with Crippen molar-refractivity contribution in [3.05, 3.63) is 65.4 Å². The molecule has 0 aliphatic rings. The first-order chi connectivity index (χ1) is 12.5. The number of para-hydroxylation sites is 1. The molecule has 0 bridgehead atoms. The van der Waals surface area contributed by atoms with Gasteiger partial charge in [-0.3, -0.25) is 4.79 Å². The number of methoxy groups -OCH3 is 2. The van der Waals surface area contributed by atoms with Crippen molar-refractivity contribution in [3.8, 4) is 0 Å². The molecule has 0 fully saturated rings. The summed E-state index contributed by atoms with van der Waals surface area (Å²) in [6.45, 7) is 0. The van der Waals surface area contributed by atoms with Crippen LogP contribution in [0.3, 0.4) is 0 Å². The number of hydrogen-bond acceptors (Lipinski definition) is 6. The molecule has 3 rings (SSSR count). The van der Waals surface area contributed by atoms with Crippen LogP contribution in [0.15, 0.2) is 52.9 Å². The molecule has 1 amide bonds. The number of fused-ring (bicyclic) bond motifs is 1. The SMILES string of the molecule is COC(=O)c1cc(NC(=O)c2cc3ccccc3o2)cc(C(=O)OC)c1. The molecule has 2 aromatic carbocycles. The molecule has 0 spiro atoms. The van der Waals surface area contributed by atoms with Gasteiger partial charge in [0.2, 0.25) is 0 Å². The normalized spacial score (nSPS) is 10.4. The summed E-state index contributed by atoms with van der Waals surface area (Å²) in [5, 5.41) is 3.40. The second kappa shape index (κ2) is 7.10. The van der Waals surface area contributed by atoms with E-state index in [0.717, 1.165) is 5.39 Å².